The number of hydrogen-bond donors (Lipinski definition) is 0. The summed E-state index contributed by atoms with van der Waals surface area (Å²) in [6.45, 7) is 2.24. The zero-order valence-electron chi connectivity index (χ0n) is 11.8. The van der Waals surface area contributed by atoms with E-state index in [1.165, 1.54) is 44.7 Å². The lowest BCUT2D eigenvalue weighted by Crippen LogP contribution is -2.30. The maximum absolute atomic E-state index is 2.42. The summed E-state index contributed by atoms with van der Waals surface area (Å²) in [7, 11) is 0. The Hall–Kier alpha value is -2.08. The number of allylic oxidation sites excluding steroid dienone is 1. The molecule has 2 aliphatic rings. The average molecular weight is 258 g/mol. The second kappa shape index (κ2) is 4.49. The fraction of sp³-hybridized carbons (Fsp3) is 0.200. The number of benzene rings is 2. The van der Waals surface area contributed by atoms with Gasteiger partial charge in [0.1, 0.15) is 0 Å². The van der Waals surface area contributed by atoms with Crippen LogP contribution >= 0.6 is 0 Å². The number of fused-ring (bicyclic) bond motifs is 2. The molecule has 2 aliphatic carbocycles. The Bertz CT molecular complexity index is 821. The first-order valence-electron chi connectivity index (χ1n) is 7.42. The minimum atomic E-state index is 1.11. The number of rotatable bonds is 1. The first-order chi connectivity index (χ1) is 9.83. The molecule has 0 nitrogen and oxygen atoms in total. The van der Waals surface area contributed by atoms with Crippen molar-refractivity contribution >= 4 is 18.2 Å². The van der Waals surface area contributed by atoms with Gasteiger partial charge in [0.25, 0.3) is 0 Å². The Kier molecular flexibility index (Phi) is 2.63. The minimum absolute atomic E-state index is 1.11. The Balaban J connectivity index is 2.14. The summed E-state index contributed by atoms with van der Waals surface area (Å²) in [5.41, 5.74) is 7.19. The fourth-order valence-electron chi connectivity index (χ4n) is 3.47. The summed E-state index contributed by atoms with van der Waals surface area (Å²) in [4.78, 5) is 0. The van der Waals surface area contributed by atoms with Crippen molar-refractivity contribution in [1.82, 2.24) is 0 Å². The summed E-state index contributed by atoms with van der Waals surface area (Å²) in [6, 6.07) is 13.2. The monoisotopic (exact) mass is 258 g/mol. The van der Waals surface area contributed by atoms with Gasteiger partial charge in [0, 0.05) is 0 Å². The van der Waals surface area contributed by atoms with Crippen molar-refractivity contribution in [2.24, 2.45) is 0 Å². The van der Waals surface area contributed by atoms with Gasteiger partial charge >= 0.3 is 0 Å². The fourth-order valence-corrected chi connectivity index (χ4v) is 3.47. The van der Waals surface area contributed by atoms with Crippen LogP contribution in [0.1, 0.15) is 30.9 Å². The van der Waals surface area contributed by atoms with Gasteiger partial charge in [-0.3, -0.25) is 0 Å². The molecular formula is C20H18. The third kappa shape index (κ3) is 1.76. The van der Waals surface area contributed by atoms with Gasteiger partial charge in [-0.15, -0.1) is 0 Å². The maximum atomic E-state index is 2.42. The van der Waals surface area contributed by atoms with Crippen LogP contribution in [0.4, 0.5) is 0 Å². The van der Waals surface area contributed by atoms with Crippen LogP contribution in [0.2, 0.25) is 0 Å². The molecule has 2 aromatic rings. The van der Waals surface area contributed by atoms with Gasteiger partial charge < -0.3 is 0 Å². The summed E-state index contributed by atoms with van der Waals surface area (Å²) >= 11 is 0. The van der Waals surface area contributed by atoms with Crippen LogP contribution in [0, 0.1) is 0 Å². The van der Waals surface area contributed by atoms with E-state index in [1.807, 2.05) is 0 Å². The third-order valence-corrected chi connectivity index (χ3v) is 4.33. The molecule has 0 aliphatic heterocycles. The molecule has 0 unspecified atom stereocenters. The van der Waals surface area contributed by atoms with E-state index in [-0.39, 0.29) is 0 Å². The van der Waals surface area contributed by atoms with Crippen LogP contribution in [-0.2, 0) is 6.42 Å². The molecule has 0 heterocycles. The van der Waals surface area contributed by atoms with Gasteiger partial charge in [-0.05, 0) is 58.9 Å². The molecule has 0 aromatic heterocycles. The second-order valence-corrected chi connectivity index (χ2v) is 5.85. The van der Waals surface area contributed by atoms with E-state index >= 15 is 0 Å². The lowest BCUT2D eigenvalue weighted by Gasteiger charge is -2.13. The first-order valence-corrected chi connectivity index (χ1v) is 7.42. The normalized spacial score (nSPS) is 15.8. The van der Waals surface area contributed by atoms with Gasteiger partial charge in [0.15, 0.2) is 0 Å². The van der Waals surface area contributed by atoms with Crippen molar-refractivity contribution in [3.63, 3.8) is 0 Å². The summed E-state index contributed by atoms with van der Waals surface area (Å²) in [5, 5.41) is 2.86. The van der Waals surface area contributed by atoms with Crippen LogP contribution in [0.5, 0.6) is 0 Å². The number of hydrogen-bond acceptors (Lipinski definition) is 0. The molecule has 0 heteroatoms. The molecule has 0 saturated heterocycles. The zero-order valence-corrected chi connectivity index (χ0v) is 11.8. The molecular weight excluding hydrogens is 240 g/mol. The van der Waals surface area contributed by atoms with Crippen LogP contribution in [-0.4, -0.2) is 0 Å². The summed E-state index contributed by atoms with van der Waals surface area (Å²) in [6.07, 6.45) is 10.6. The van der Waals surface area contributed by atoms with Crippen molar-refractivity contribution in [2.75, 3.05) is 0 Å². The van der Waals surface area contributed by atoms with E-state index in [9.17, 15) is 0 Å². The molecule has 2 aromatic carbocycles. The summed E-state index contributed by atoms with van der Waals surface area (Å²) in [5.74, 6) is 0. The average Bonchev–Trinajstić information content (AvgIpc) is 2.85. The molecule has 20 heavy (non-hydrogen) atoms. The van der Waals surface area contributed by atoms with E-state index in [0.717, 1.165) is 12.8 Å². The second-order valence-electron chi connectivity index (χ2n) is 5.85. The highest BCUT2D eigenvalue weighted by Gasteiger charge is 2.17. The molecule has 4 rings (SSSR count). The lowest BCUT2D eigenvalue weighted by molar-refractivity contribution is 1.11. The van der Waals surface area contributed by atoms with E-state index in [1.54, 1.807) is 0 Å². The Morgan fingerprint density at radius 3 is 2.60 bits per heavy atom. The molecule has 0 bridgehead atoms. The minimum Gasteiger partial charge on any atom is -0.0763 e. The van der Waals surface area contributed by atoms with Crippen LogP contribution in [0.25, 0.3) is 29.4 Å². The molecule has 0 saturated carbocycles. The Labute approximate surface area is 119 Å². The SMILES string of the molecule is CC1=Cc2c(cc3c(c2-c2ccccc2)=CCCC=3)C1. The molecule has 0 amide bonds. The standard InChI is InChI=1S/C20H18/c1-14-11-17-13-16-9-5-6-10-18(16)20(19(17)12-14)15-7-3-2-4-8-15/h2-4,7-10,12-13H,5-6,11H2,1H3. The van der Waals surface area contributed by atoms with Crippen LogP contribution in [0.15, 0.2) is 42.0 Å². The third-order valence-electron chi connectivity index (χ3n) is 4.33. The lowest BCUT2D eigenvalue weighted by atomic mass is 9.91. The molecule has 0 N–H and O–H groups in total. The van der Waals surface area contributed by atoms with Gasteiger partial charge in [0.05, 0.1) is 0 Å². The molecule has 0 radical (unpaired) electrons. The van der Waals surface area contributed by atoms with E-state index in [2.05, 4.69) is 61.5 Å². The predicted molar refractivity (Wildman–Crippen MR) is 86.6 cm³/mol. The molecule has 98 valence electrons. The zero-order chi connectivity index (χ0) is 13.5. The van der Waals surface area contributed by atoms with Crippen molar-refractivity contribution < 1.29 is 0 Å². The molecule has 0 atom stereocenters. The Morgan fingerprint density at radius 1 is 0.950 bits per heavy atom. The van der Waals surface area contributed by atoms with E-state index in [0.29, 0.717) is 0 Å². The summed E-state index contributed by atoms with van der Waals surface area (Å²) < 4.78 is 0. The van der Waals surface area contributed by atoms with Gasteiger partial charge in [-0.1, -0.05) is 60.2 Å². The van der Waals surface area contributed by atoms with Crippen molar-refractivity contribution in [3.05, 3.63) is 63.5 Å². The molecule has 0 spiro atoms. The highest BCUT2D eigenvalue weighted by Crippen LogP contribution is 2.31. The van der Waals surface area contributed by atoms with Crippen molar-refractivity contribution in [2.45, 2.75) is 26.2 Å². The van der Waals surface area contributed by atoms with E-state index < -0.39 is 0 Å². The van der Waals surface area contributed by atoms with Crippen molar-refractivity contribution in [3.8, 4) is 11.1 Å². The van der Waals surface area contributed by atoms with Crippen LogP contribution < -0.4 is 10.4 Å². The quantitative estimate of drug-likeness (QED) is 0.732. The first kappa shape index (κ1) is 11.7. The maximum Gasteiger partial charge on any atom is -0.00333 e. The highest BCUT2D eigenvalue weighted by molar-refractivity contribution is 5.82. The highest BCUT2D eigenvalue weighted by atomic mass is 14.2. The topological polar surface area (TPSA) is 0 Å². The predicted octanol–water partition coefficient (Wildman–Crippen LogP) is 3.67. The van der Waals surface area contributed by atoms with Gasteiger partial charge in [-0.2, -0.15) is 0 Å². The smallest absolute Gasteiger partial charge is 0.00333 e. The van der Waals surface area contributed by atoms with E-state index in [4.69, 9.17) is 0 Å². The van der Waals surface area contributed by atoms with Crippen LogP contribution in [0.3, 0.4) is 0 Å². The Morgan fingerprint density at radius 2 is 1.75 bits per heavy atom. The van der Waals surface area contributed by atoms with Crippen molar-refractivity contribution in [1.29, 1.82) is 0 Å². The molecule has 0 fully saturated rings. The van der Waals surface area contributed by atoms with Gasteiger partial charge in [0.2, 0.25) is 0 Å². The largest absolute Gasteiger partial charge is 0.0763 e. The van der Waals surface area contributed by atoms with Gasteiger partial charge in [-0.25, -0.2) is 0 Å².